The molecule has 1 saturated carbocycles. The Morgan fingerprint density at radius 3 is 2.68 bits per heavy atom. The van der Waals surface area contributed by atoms with Gasteiger partial charge in [-0.1, -0.05) is 26.2 Å². The van der Waals surface area contributed by atoms with Crippen LogP contribution in [0.3, 0.4) is 0 Å². The third-order valence-electron chi connectivity index (χ3n) is 4.08. The van der Waals surface area contributed by atoms with E-state index in [4.69, 9.17) is 0 Å². The van der Waals surface area contributed by atoms with Gasteiger partial charge in [-0.15, -0.1) is 0 Å². The van der Waals surface area contributed by atoms with Crippen LogP contribution in [-0.4, -0.2) is 16.5 Å². The maximum Gasteiger partial charge on any atom is 0.311 e. The zero-order chi connectivity index (χ0) is 13.7. The molecule has 1 aliphatic rings. The summed E-state index contributed by atoms with van der Waals surface area (Å²) in [5, 5.41) is 14.0. The lowest BCUT2D eigenvalue weighted by atomic mass is 9.81. The molecular weight excluding hydrogens is 242 g/mol. The zero-order valence-corrected chi connectivity index (χ0v) is 11.3. The number of nitro groups is 1. The number of pyridine rings is 1. The van der Waals surface area contributed by atoms with Gasteiger partial charge in [-0.2, -0.15) is 0 Å². The predicted octanol–water partition coefficient (Wildman–Crippen LogP) is 3.62. The van der Waals surface area contributed by atoms with Crippen molar-refractivity contribution in [3.8, 4) is 0 Å². The van der Waals surface area contributed by atoms with Crippen LogP contribution >= 0.6 is 0 Å². The minimum absolute atomic E-state index is 0.0599. The Kier molecular flexibility index (Phi) is 4.71. The number of hydrogen-bond acceptors (Lipinski definition) is 4. The average molecular weight is 263 g/mol. The first-order chi connectivity index (χ1) is 9.20. The van der Waals surface area contributed by atoms with E-state index in [0.29, 0.717) is 11.7 Å². The Hall–Kier alpha value is -1.65. The summed E-state index contributed by atoms with van der Waals surface area (Å²) in [7, 11) is 0. The summed E-state index contributed by atoms with van der Waals surface area (Å²) >= 11 is 0. The van der Waals surface area contributed by atoms with Gasteiger partial charge in [0.15, 0.2) is 0 Å². The quantitative estimate of drug-likeness (QED) is 0.650. The highest BCUT2D eigenvalue weighted by atomic mass is 16.6. The molecule has 1 fully saturated rings. The van der Waals surface area contributed by atoms with Crippen LogP contribution < -0.4 is 5.32 Å². The fraction of sp³-hybridized carbons (Fsp3) is 0.643. The predicted molar refractivity (Wildman–Crippen MR) is 75.1 cm³/mol. The second-order valence-corrected chi connectivity index (χ2v) is 5.30. The molecule has 0 radical (unpaired) electrons. The molecule has 1 heterocycles. The molecular formula is C14H21N3O2. The van der Waals surface area contributed by atoms with Crippen LogP contribution in [0.2, 0.25) is 0 Å². The van der Waals surface area contributed by atoms with Crippen LogP contribution in [0, 0.1) is 22.0 Å². The van der Waals surface area contributed by atoms with Crippen molar-refractivity contribution < 1.29 is 4.92 Å². The monoisotopic (exact) mass is 263 g/mol. The number of nitrogens with zero attached hydrogens (tertiary/aromatic N) is 2. The normalized spacial score (nSPS) is 23.0. The molecule has 1 aliphatic carbocycles. The van der Waals surface area contributed by atoms with Gasteiger partial charge in [-0.25, -0.2) is 4.98 Å². The Morgan fingerprint density at radius 1 is 1.37 bits per heavy atom. The second-order valence-electron chi connectivity index (χ2n) is 5.30. The first kappa shape index (κ1) is 13.8. The van der Waals surface area contributed by atoms with E-state index >= 15 is 0 Å². The van der Waals surface area contributed by atoms with Crippen LogP contribution in [0.4, 0.5) is 11.5 Å². The number of hydrogen-bond donors (Lipinski definition) is 1. The molecule has 5 heteroatoms. The fourth-order valence-corrected chi connectivity index (χ4v) is 2.77. The van der Waals surface area contributed by atoms with Gasteiger partial charge in [0.2, 0.25) is 5.82 Å². The number of anilines is 1. The van der Waals surface area contributed by atoms with E-state index in [-0.39, 0.29) is 10.6 Å². The summed E-state index contributed by atoms with van der Waals surface area (Å²) in [5.74, 6) is 1.88. The molecule has 1 aromatic rings. The molecule has 0 atom stereocenters. The maximum absolute atomic E-state index is 10.9. The van der Waals surface area contributed by atoms with Gasteiger partial charge >= 0.3 is 5.69 Å². The SMILES string of the molecule is CCC1CCC(CNc2ncccc2[N+](=O)[O-])CC1. The smallest absolute Gasteiger partial charge is 0.311 e. The summed E-state index contributed by atoms with van der Waals surface area (Å²) in [5.41, 5.74) is 0.0599. The minimum atomic E-state index is -0.386. The van der Waals surface area contributed by atoms with E-state index < -0.39 is 0 Å². The summed E-state index contributed by atoms with van der Waals surface area (Å²) in [6.45, 7) is 3.04. The molecule has 2 rings (SSSR count). The Bertz CT molecular complexity index is 428. The van der Waals surface area contributed by atoms with E-state index in [9.17, 15) is 10.1 Å². The van der Waals surface area contributed by atoms with Crippen molar-refractivity contribution in [1.82, 2.24) is 4.98 Å². The summed E-state index contributed by atoms with van der Waals surface area (Å²) < 4.78 is 0. The third-order valence-corrected chi connectivity index (χ3v) is 4.08. The Morgan fingerprint density at radius 2 is 2.05 bits per heavy atom. The van der Waals surface area contributed by atoms with Crippen molar-refractivity contribution in [2.45, 2.75) is 39.0 Å². The molecule has 5 nitrogen and oxygen atoms in total. The zero-order valence-electron chi connectivity index (χ0n) is 11.3. The van der Waals surface area contributed by atoms with Gasteiger partial charge in [-0.3, -0.25) is 10.1 Å². The van der Waals surface area contributed by atoms with Crippen LogP contribution in [0.1, 0.15) is 39.0 Å². The first-order valence-corrected chi connectivity index (χ1v) is 7.04. The van der Waals surface area contributed by atoms with Gasteiger partial charge < -0.3 is 5.32 Å². The maximum atomic E-state index is 10.9. The van der Waals surface area contributed by atoms with Gasteiger partial charge in [0.05, 0.1) is 4.92 Å². The van der Waals surface area contributed by atoms with Crippen LogP contribution in [0.15, 0.2) is 18.3 Å². The highest BCUT2D eigenvalue weighted by molar-refractivity contribution is 5.54. The molecule has 0 amide bonds. The number of nitrogens with one attached hydrogen (secondary N) is 1. The standard InChI is InChI=1S/C14H21N3O2/c1-2-11-5-7-12(8-6-11)10-16-14-13(17(18)19)4-3-9-15-14/h3-4,9,11-12H,2,5-8,10H2,1H3,(H,15,16). The van der Waals surface area contributed by atoms with Gasteiger partial charge in [-0.05, 0) is 30.7 Å². The molecule has 1 aromatic heterocycles. The van der Waals surface area contributed by atoms with Crippen molar-refractivity contribution in [2.24, 2.45) is 11.8 Å². The molecule has 1 N–H and O–H groups in total. The summed E-state index contributed by atoms with van der Waals surface area (Å²) in [6.07, 6.45) is 7.85. The molecule has 0 saturated heterocycles. The van der Waals surface area contributed by atoms with E-state index in [2.05, 4.69) is 17.2 Å². The average Bonchev–Trinajstić information content (AvgIpc) is 2.46. The lowest BCUT2D eigenvalue weighted by Gasteiger charge is -2.27. The molecule has 0 aromatic carbocycles. The fourth-order valence-electron chi connectivity index (χ4n) is 2.77. The molecule has 0 spiro atoms. The molecule has 19 heavy (non-hydrogen) atoms. The van der Waals surface area contributed by atoms with Crippen molar-refractivity contribution >= 4 is 11.5 Å². The van der Waals surface area contributed by atoms with E-state index in [1.165, 1.54) is 38.2 Å². The van der Waals surface area contributed by atoms with Gasteiger partial charge in [0.1, 0.15) is 0 Å². The van der Waals surface area contributed by atoms with E-state index in [1.807, 2.05) is 0 Å². The van der Waals surface area contributed by atoms with Crippen molar-refractivity contribution in [3.05, 3.63) is 28.4 Å². The van der Waals surface area contributed by atoms with Crippen LogP contribution in [-0.2, 0) is 0 Å². The minimum Gasteiger partial charge on any atom is -0.364 e. The third kappa shape index (κ3) is 3.66. The largest absolute Gasteiger partial charge is 0.364 e. The lowest BCUT2D eigenvalue weighted by molar-refractivity contribution is -0.384. The summed E-state index contributed by atoms with van der Waals surface area (Å²) in [4.78, 5) is 14.6. The Labute approximate surface area is 113 Å². The highest BCUT2D eigenvalue weighted by Crippen LogP contribution is 2.31. The van der Waals surface area contributed by atoms with Gasteiger partial charge in [0.25, 0.3) is 0 Å². The summed E-state index contributed by atoms with van der Waals surface area (Å²) in [6, 6.07) is 3.08. The molecule has 0 bridgehead atoms. The number of aromatic nitrogens is 1. The van der Waals surface area contributed by atoms with Gasteiger partial charge in [0, 0.05) is 18.8 Å². The van der Waals surface area contributed by atoms with Crippen LogP contribution in [0.25, 0.3) is 0 Å². The van der Waals surface area contributed by atoms with E-state index in [0.717, 1.165) is 12.5 Å². The van der Waals surface area contributed by atoms with Crippen molar-refractivity contribution in [2.75, 3.05) is 11.9 Å². The Balaban J connectivity index is 1.88. The lowest BCUT2D eigenvalue weighted by Crippen LogP contribution is -2.21. The molecule has 0 aliphatic heterocycles. The molecule has 104 valence electrons. The first-order valence-electron chi connectivity index (χ1n) is 7.04. The van der Waals surface area contributed by atoms with Crippen molar-refractivity contribution in [1.29, 1.82) is 0 Å². The number of rotatable bonds is 5. The second kappa shape index (κ2) is 6.50. The van der Waals surface area contributed by atoms with E-state index in [1.54, 1.807) is 12.3 Å². The highest BCUT2D eigenvalue weighted by Gasteiger charge is 2.21. The topological polar surface area (TPSA) is 68.1 Å². The van der Waals surface area contributed by atoms with Crippen molar-refractivity contribution in [3.63, 3.8) is 0 Å². The van der Waals surface area contributed by atoms with Crippen LogP contribution in [0.5, 0.6) is 0 Å². The molecule has 0 unspecified atom stereocenters.